The van der Waals surface area contributed by atoms with Crippen LogP contribution in [0.5, 0.6) is 0 Å². The zero-order chi connectivity index (χ0) is 21.5. The number of amides is 1. The fourth-order valence-corrected chi connectivity index (χ4v) is 5.32. The largest absolute Gasteiger partial charge is 0.483 e. The number of Topliss-reactive ketones (excluding diaryl/α,β-unsaturated/α-hetero) is 1. The van der Waals surface area contributed by atoms with Gasteiger partial charge in [-0.2, -0.15) is 0 Å². The topological polar surface area (TPSA) is 66.8 Å². The lowest BCUT2D eigenvalue weighted by Crippen LogP contribution is -2.41. The van der Waals surface area contributed by atoms with Gasteiger partial charge in [0.25, 0.3) is 5.91 Å². The Morgan fingerprint density at radius 3 is 2.42 bits per heavy atom. The lowest BCUT2D eigenvalue weighted by molar-refractivity contribution is -0.136. The zero-order valence-electron chi connectivity index (χ0n) is 17.0. The minimum absolute atomic E-state index is 0.0458. The lowest BCUT2D eigenvalue weighted by Gasteiger charge is -2.37. The normalized spacial score (nSPS) is 28.8. The highest BCUT2D eigenvalue weighted by molar-refractivity contribution is 6.21. The third-order valence-electron chi connectivity index (χ3n) is 6.55. The molecule has 0 saturated heterocycles. The molecule has 2 heterocycles. The molecule has 1 saturated carbocycles. The molecule has 160 valence electrons. The van der Waals surface area contributed by atoms with Gasteiger partial charge in [-0.1, -0.05) is 60.7 Å². The van der Waals surface area contributed by atoms with Crippen LogP contribution in [0.2, 0.25) is 0 Å². The molecule has 0 aromatic heterocycles. The SMILES string of the molecule is O=C1C2=C(OC3CCC(Cl)CC13)C(=O)N(CC(O)c1ccccc1)C2c1ccccc1. The molecule has 31 heavy (non-hydrogen) atoms. The van der Waals surface area contributed by atoms with Gasteiger partial charge in [-0.15, -0.1) is 11.6 Å². The summed E-state index contributed by atoms with van der Waals surface area (Å²) >= 11 is 6.36. The van der Waals surface area contributed by atoms with Crippen LogP contribution in [0, 0.1) is 5.92 Å². The molecule has 3 aliphatic rings. The number of fused-ring (bicyclic) bond motifs is 1. The summed E-state index contributed by atoms with van der Waals surface area (Å²) in [5.41, 5.74) is 1.95. The molecule has 6 heteroatoms. The molecule has 5 atom stereocenters. The van der Waals surface area contributed by atoms with E-state index in [1.165, 1.54) is 0 Å². The molecule has 2 aromatic rings. The first-order chi connectivity index (χ1) is 15.0. The average Bonchev–Trinajstić information content (AvgIpc) is 3.07. The van der Waals surface area contributed by atoms with Crippen LogP contribution in [0.25, 0.3) is 0 Å². The van der Waals surface area contributed by atoms with Gasteiger partial charge in [0.1, 0.15) is 6.10 Å². The molecule has 5 nitrogen and oxygen atoms in total. The molecule has 1 N–H and O–H groups in total. The first-order valence-corrected chi connectivity index (χ1v) is 11.2. The van der Waals surface area contributed by atoms with E-state index in [0.29, 0.717) is 18.4 Å². The molecule has 2 aliphatic heterocycles. The fraction of sp³-hybridized carbons (Fsp3) is 0.360. The van der Waals surface area contributed by atoms with Crippen LogP contribution in [-0.4, -0.2) is 39.7 Å². The summed E-state index contributed by atoms with van der Waals surface area (Å²) < 4.78 is 6.14. The van der Waals surface area contributed by atoms with Crippen molar-refractivity contribution in [3.63, 3.8) is 0 Å². The highest BCUT2D eigenvalue weighted by Crippen LogP contribution is 2.47. The number of carbonyl (C=O) groups is 2. The molecule has 1 aliphatic carbocycles. The van der Waals surface area contributed by atoms with Gasteiger partial charge in [0, 0.05) is 5.38 Å². The number of β-amino-alcohol motifs (C(OH)–C–C–N with tert-alkyl or cyclic N) is 1. The Morgan fingerprint density at radius 2 is 1.71 bits per heavy atom. The van der Waals surface area contributed by atoms with Gasteiger partial charge in [-0.3, -0.25) is 9.59 Å². The van der Waals surface area contributed by atoms with Gasteiger partial charge >= 0.3 is 0 Å². The number of aliphatic hydroxyl groups is 1. The number of ether oxygens (including phenoxy) is 1. The summed E-state index contributed by atoms with van der Waals surface area (Å²) in [7, 11) is 0. The van der Waals surface area contributed by atoms with Crippen LogP contribution in [0.15, 0.2) is 72.0 Å². The van der Waals surface area contributed by atoms with Gasteiger partial charge in [0.2, 0.25) is 0 Å². The Bertz CT molecular complexity index is 1020. The van der Waals surface area contributed by atoms with E-state index >= 15 is 0 Å². The summed E-state index contributed by atoms with van der Waals surface area (Å²) in [6, 6.07) is 18.1. The van der Waals surface area contributed by atoms with Crippen LogP contribution < -0.4 is 0 Å². The van der Waals surface area contributed by atoms with Gasteiger partial charge in [-0.25, -0.2) is 0 Å². The molecule has 2 aromatic carbocycles. The van der Waals surface area contributed by atoms with Crippen LogP contribution in [0.4, 0.5) is 0 Å². The van der Waals surface area contributed by atoms with Crippen molar-refractivity contribution in [3.8, 4) is 0 Å². The lowest BCUT2D eigenvalue weighted by atomic mass is 9.77. The molecule has 1 fully saturated rings. The van der Waals surface area contributed by atoms with Gasteiger partial charge in [0.05, 0.1) is 30.2 Å². The number of hydrogen-bond acceptors (Lipinski definition) is 4. The molecule has 5 rings (SSSR count). The van der Waals surface area contributed by atoms with E-state index in [9.17, 15) is 14.7 Å². The summed E-state index contributed by atoms with van der Waals surface area (Å²) in [5.74, 6) is -0.560. The Balaban J connectivity index is 1.53. The Kier molecular flexibility index (Phi) is 5.32. The molecule has 1 amide bonds. The van der Waals surface area contributed by atoms with Crippen LogP contribution in [0.1, 0.15) is 42.5 Å². The third-order valence-corrected chi connectivity index (χ3v) is 6.94. The van der Waals surface area contributed by atoms with Gasteiger partial charge in [0.15, 0.2) is 11.5 Å². The van der Waals surface area contributed by atoms with Crippen molar-refractivity contribution in [2.45, 2.75) is 42.9 Å². The van der Waals surface area contributed by atoms with Crippen LogP contribution in [0.3, 0.4) is 0 Å². The van der Waals surface area contributed by atoms with Crippen molar-refractivity contribution >= 4 is 23.3 Å². The number of benzene rings is 2. The number of nitrogens with zero attached hydrogens (tertiary/aromatic N) is 1. The van der Waals surface area contributed by atoms with E-state index in [-0.39, 0.29) is 41.4 Å². The van der Waals surface area contributed by atoms with Crippen molar-refractivity contribution < 1.29 is 19.4 Å². The van der Waals surface area contributed by atoms with E-state index in [2.05, 4.69) is 0 Å². The summed E-state index contributed by atoms with van der Waals surface area (Å²) in [5, 5.41) is 10.8. The molecule has 0 spiro atoms. The predicted molar refractivity (Wildman–Crippen MR) is 116 cm³/mol. The maximum Gasteiger partial charge on any atom is 0.290 e. The summed E-state index contributed by atoms with van der Waals surface area (Å²) in [6.07, 6.45) is 0.815. The summed E-state index contributed by atoms with van der Waals surface area (Å²) in [4.78, 5) is 28.6. The van der Waals surface area contributed by atoms with Crippen molar-refractivity contribution in [2.24, 2.45) is 5.92 Å². The number of carbonyl (C=O) groups excluding carboxylic acids is 2. The van der Waals surface area contributed by atoms with Crippen molar-refractivity contribution in [1.29, 1.82) is 0 Å². The second-order valence-electron chi connectivity index (χ2n) is 8.48. The molecular formula is C25H24ClNO4. The molecule has 0 radical (unpaired) electrons. The first kappa shape index (κ1) is 20.3. The van der Waals surface area contributed by atoms with Crippen molar-refractivity contribution in [2.75, 3.05) is 6.54 Å². The smallest absolute Gasteiger partial charge is 0.290 e. The maximum atomic E-state index is 13.6. The second-order valence-corrected chi connectivity index (χ2v) is 9.09. The van der Waals surface area contributed by atoms with E-state index in [0.717, 1.165) is 17.5 Å². The Labute approximate surface area is 186 Å². The van der Waals surface area contributed by atoms with Crippen LogP contribution >= 0.6 is 11.6 Å². The standard InChI is InChI=1S/C25H24ClNO4/c26-17-11-12-20-18(13-17)23(29)21-22(16-9-5-2-6-10-16)27(25(30)24(21)31-20)14-19(28)15-7-3-1-4-8-15/h1-10,17-20,22,28H,11-14H2. The molecule has 5 unspecified atom stereocenters. The Hall–Kier alpha value is -2.63. The zero-order valence-corrected chi connectivity index (χ0v) is 17.7. The van der Waals surface area contributed by atoms with Crippen molar-refractivity contribution in [3.05, 3.63) is 83.1 Å². The average molecular weight is 438 g/mol. The third kappa shape index (κ3) is 3.56. The van der Waals surface area contributed by atoms with E-state index in [4.69, 9.17) is 16.3 Å². The number of ketones is 1. The van der Waals surface area contributed by atoms with E-state index < -0.39 is 12.1 Å². The fourth-order valence-electron chi connectivity index (χ4n) is 5.00. The minimum Gasteiger partial charge on any atom is -0.483 e. The second kappa shape index (κ2) is 8.13. The predicted octanol–water partition coefficient (Wildman–Crippen LogP) is 3.93. The summed E-state index contributed by atoms with van der Waals surface area (Å²) in [6.45, 7) is 0.0690. The monoisotopic (exact) mass is 437 g/mol. The van der Waals surface area contributed by atoms with Crippen molar-refractivity contribution in [1.82, 2.24) is 4.90 Å². The maximum absolute atomic E-state index is 13.6. The van der Waals surface area contributed by atoms with E-state index in [1.54, 1.807) is 4.90 Å². The number of rotatable bonds is 4. The Morgan fingerprint density at radius 1 is 1.03 bits per heavy atom. The number of halogens is 1. The van der Waals surface area contributed by atoms with Gasteiger partial charge in [-0.05, 0) is 30.4 Å². The molecule has 0 bridgehead atoms. The highest BCUT2D eigenvalue weighted by atomic mass is 35.5. The molecular weight excluding hydrogens is 414 g/mol. The minimum atomic E-state index is -0.873. The quantitative estimate of drug-likeness (QED) is 0.736. The highest BCUT2D eigenvalue weighted by Gasteiger charge is 2.52. The number of hydrogen-bond donors (Lipinski definition) is 1. The first-order valence-electron chi connectivity index (χ1n) is 10.7. The van der Waals surface area contributed by atoms with Gasteiger partial charge < -0.3 is 14.7 Å². The van der Waals surface area contributed by atoms with E-state index in [1.807, 2.05) is 60.7 Å². The number of aliphatic hydroxyl groups excluding tert-OH is 1. The number of alkyl halides is 1. The van der Waals surface area contributed by atoms with Crippen LogP contribution in [-0.2, 0) is 14.3 Å².